The Morgan fingerprint density at radius 3 is 2.80 bits per heavy atom. The maximum absolute atomic E-state index is 12.7. The van der Waals surface area contributed by atoms with E-state index in [1.165, 1.54) is 5.56 Å². The average molecular weight is 554 g/mol. The molecule has 218 valence electrons. The molecule has 0 saturated heterocycles. The average Bonchev–Trinajstić information content (AvgIpc) is 3.26. The highest BCUT2D eigenvalue weighted by Gasteiger charge is 2.33. The van der Waals surface area contributed by atoms with Gasteiger partial charge in [0, 0.05) is 31.0 Å². The minimum atomic E-state index is -1.09. The molecule has 2 aliphatic carbocycles. The quantitative estimate of drug-likeness (QED) is 0.364. The predicted octanol–water partition coefficient (Wildman–Crippen LogP) is 4.73. The number of hydrogen-bond acceptors (Lipinski definition) is 7. The van der Waals surface area contributed by atoms with Crippen LogP contribution in [-0.4, -0.2) is 63.3 Å². The summed E-state index contributed by atoms with van der Waals surface area (Å²) in [6, 6.07) is 5.28. The van der Waals surface area contributed by atoms with Crippen molar-refractivity contribution in [2.75, 3.05) is 18.5 Å². The molecule has 3 N–H and O–H groups in total. The van der Waals surface area contributed by atoms with E-state index in [4.69, 9.17) is 14.5 Å². The van der Waals surface area contributed by atoms with Crippen molar-refractivity contribution < 1.29 is 24.2 Å². The molecule has 10 heteroatoms. The smallest absolute Gasteiger partial charge is 0.408 e. The number of pyridine rings is 1. The van der Waals surface area contributed by atoms with Gasteiger partial charge in [0.2, 0.25) is 0 Å². The molecule has 1 aliphatic heterocycles. The number of carboxylic acid groups (broad SMARTS) is 1. The van der Waals surface area contributed by atoms with E-state index in [1.807, 2.05) is 24.6 Å². The number of ether oxygens (including phenoxy) is 2. The van der Waals surface area contributed by atoms with Crippen LogP contribution in [0.15, 0.2) is 18.2 Å². The van der Waals surface area contributed by atoms with Crippen LogP contribution < -0.4 is 10.6 Å². The summed E-state index contributed by atoms with van der Waals surface area (Å²) in [5, 5.41) is 20.2. The van der Waals surface area contributed by atoms with Gasteiger partial charge in [0.1, 0.15) is 18.0 Å². The van der Waals surface area contributed by atoms with Gasteiger partial charge in [-0.25, -0.2) is 14.6 Å². The van der Waals surface area contributed by atoms with E-state index in [0.717, 1.165) is 93.7 Å². The Hall–Kier alpha value is -3.14. The molecule has 3 atom stereocenters. The molecule has 0 bridgehead atoms. The number of amides is 1. The lowest BCUT2D eigenvalue weighted by atomic mass is 9.79. The fraction of sp³-hybridized carbons (Fsp3) is 0.667. The van der Waals surface area contributed by atoms with Crippen LogP contribution in [0, 0.1) is 19.8 Å². The normalized spacial score (nSPS) is 24.8. The highest BCUT2D eigenvalue weighted by Crippen LogP contribution is 2.34. The first-order valence-corrected chi connectivity index (χ1v) is 14.9. The molecule has 1 amide bonds. The maximum Gasteiger partial charge on any atom is 0.408 e. The number of aliphatic carboxylic acids is 1. The van der Waals surface area contributed by atoms with Gasteiger partial charge < -0.3 is 25.2 Å². The van der Waals surface area contributed by atoms with Crippen LogP contribution in [0.4, 0.5) is 10.6 Å². The summed E-state index contributed by atoms with van der Waals surface area (Å²) in [4.78, 5) is 29.3. The highest BCUT2D eigenvalue weighted by molar-refractivity contribution is 5.79. The number of carboxylic acids is 1. The molecule has 2 aromatic rings. The van der Waals surface area contributed by atoms with Gasteiger partial charge in [-0.3, -0.25) is 4.68 Å². The molecule has 3 heterocycles. The molecule has 1 unspecified atom stereocenters. The molecule has 0 spiro atoms. The zero-order valence-electron chi connectivity index (χ0n) is 23.7. The highest BCUT2D eigenvalue weighted by atomic mass is 16.6. The van der Waals surface area contributed by atoms with Crippen molar-refractivity contribution in [2.45, 2.75) is 109 Å². The number of carbonyl (C=O) groups excluding carboxylic acids is 1. The first-order chi connectivity index (χ1) is 19.4. The van der Waals surface area contributed by atoms with Crippen LogP contribution in [0.5, 0.6) is 0 Å². The van der Waals surface area contributed by atoms with Gasteiger partial charge >= 0.3 is 12.1 Å². The van der Waals surface area contributed by atoms with E-state index < -0.39 is 18.1 Å². The molecule has 2 fully saturated rings. The third-order valence-electron chi connectivity index (χ3n) is 8.59. The molecule has 2 aromatic heterocycles. The van der Waals surface area contributed by atoms with E-state index in [-0.39, 0.29) is 31.3 Å². The molecule has 10 nitrogen and oxygen atoms in total. The van der Waals surface area contributed by atoms with Crippen molar-refractivity contribution in [3.8, 4) is 0 Å². The summed E-state index contributed by atoms with van der Waals surface area (Å²) >= 11 is 0. The van der Waals surface area contributed by atoms with E-state index in [2.05, 4.69) is 27.9 Å². The second-order valence-electron chi connectivity index (χ2n) is 11.7. The zero-order valence-corrected chi connectivity index (χ0v) is 23.7. The minimum absolute atomic E-state index is 0.0360. The number of anilines is 1. The van der Waals surface area contributed by atoms with Crippen molar-refractivity contribution in [1.82, 2.24) is 20.1 Å². The van der Waals surface area contributed by atoms with Gasteiger partial charge in [-0.15, -0.1) is 0 Å². The third kappa shape index (κ3) is 7.13. The van der Waals surface area contributed by atoms with Crippen molar-refractivity contribution >= 4 is 17.9 Å². The summed E-state index contributed by atoms with van der Waals surface area (Å²) in [7, 11) is 0. The van der Waals surface area contributed by atoms with Gasteiger partial charge in [0.05, 0.1) is 17.8 Å². The first kappa shape index (κ1) is 28.4. The zero-order chi connectivity index (χ0) is 28.1. The lowest BCUT2D eigenvalue weighted by Gasteiger charge is -2.35. The summed E-state index contributed by atoms with van der Waals surface area (Å²) in [6.45, 7) is 5.23. The second kappa shape index (κ2) is 13.0. The fourth-order valence-corrected chi connectivity index (χ4v) is 6.31. The molecule has 2 saturated carbocycles. The van der Waals surface area contributed by atoms with E-state index >= 15 is 0 Å². The number of fused-ring (bicyclic) bond motifs is 1. The monoisotopic (exact) mass is 553 g/mol. The Labute approximate surface area is 236 Å². The Bertz CT molecular complexity index is 1180. The van der Waals surface area contributed by atoms with E-state index in [0.29, 0.717) is 5.92 Å². The van der Waals surface area contributed by atoms with Crippen molar-refractivity contribution in [3.63, 3.8) is 0 Å². The van der Waals surface area contributed by atoms with Crippen LogP contribution >= 0.6 is 0 Å². The number of alkyl carbamates (subject to hydrolysis) is 1. The minimum Gasteiger partial charge on any atom is -0.480 e. The van der Waals surface area contributed by atoms with Gasteiger partial charge in [-0.2, -0.15) is 5.10 Å². The van der Waals surface area contributed by atoms with E-state index in [1.54, 1.807) is 0 Å². The summed E-state index contributed by atoms with van der Waals surface area (Å²) in [6.07, 6.45) is 9.20. The molecule has 5 rings (SSSR count). The largest absolute Gasteiger partial charge is 0.480 e. The topological polar surface area (TPSA) is 128 Å². The van der Waals surface area contributed by atoms with Crippen molar-refractivity contribution in [1.29, 1.82) is 0 Å². The molecular weight excluding hydrogens is 510 g/mol. The Kier molecular flexibility index (Phi) is 9.24. The van der Waals surface area contributed by atoms with Crippen LogP contribution in [-0.2, 0) is 27.1 Å². The van der Waals surface area contributed by atoms with Crippen LogP contribution in [0.25, 0.3) is 0 Å². The summed E-state index contributed by atoms with van der Waals surface area (Å²) in [5.41, 5.74) is 4.41. The van der Waals surface area contributed by atoms with Crippen molar-refractivity contribution in [2.24, 2.45) is 5.92 Å². The summed E-state index contributed by atoms with van der Waals surface area (Å²) in [5.74, 6) is 0.563. The second-order valence-corrected chi connectivity index (χ2v) is 11.7. The molecule has 0 aromatic carbocycles. The van der Waals surface area contributed by atoms with Crippen LogP contribution in [0.2, 0.25) is 0 Å². The Morgan fingerprint density at radius 1 is 1.20 bits per heavy atom. The molecule has 40 heavy (non-hydrogen) atoms. The number of nitrogens with zero attached hydrogens (tertiary/aromatic N) is 3. The lowest BCUT2D eigenvalue weighted by molar-refractivity contribution is -0.140. The molecule has 0 radical (unpaired) electrons. The Balaban J connectivity index is 1.01. The Morgan fingerprint density at radius 2 is 2.02 bits per heavy atom. The maximum atomic E-state index is 12.7. The molecule has 3 aliphatic rings. The number of hydrogen-bond donors (Lipinski definition) is 3. The number of aryl methyl sites for hydroxylation is 4. The van der Waals surface area contributed by atoms with Gasteiger partial charge in [0.15, 0.2) is 0 Å². The number of nitrogens with one attached hydrogen (secondary N) is 2. The standard InChI is InChI=1S/C30H43N5O5/c1-19-16-20(2)35(34-19)26-7-3-4-8-27(26)40-30(38)33-25(29(36)37)13-15-39-24-17-21(18-24)9-11-23-12-10-22-6-5-14-31-28(22)32-23/h10,12,16,21,24-27H,3-9,11,13-15,17-18H2,1-2H3,(H,31,32)(H,33,38)(H,36,37)/t21-,24-,25-,26?,27-/m0/s1. The fourth-order valence-electron chi connectivity index (χ4n) is 6.31. The van der Waals surface area contributed by atoms with Crippen molar-refractivity contribution in [3.05, 3.63) is 40.8 Å². The number of aromatic nitrogens is 3. The number of rotatable bonds is 11. The number of carbonyl (C=O) groups is 2. The van der Waals surface area contributed by atoms with Gasteiger partial charge in [-0.1, -0.05) is 12.5 Å². The first-order valence-electron chi connectivity index (χ1n) is 14.9. The van der Waals surface area contributed by atoms with Crippen LogP contribution in [0.1, 0.15) is 86.5 Å². The predicted molar refractivity (Wildman–Crippen MR) is 150 cm³/mol. The van der Waals surface area contributed by atoms with Gasteiger partial charge in [0.25, 0.3) is 0 Å². The summed E-state index contributed by atoms with van der Waals surface area (Å²) < 4.78 is 13.6. The third-order valence-corrected chi connectivity index (χ3v) is 8.59. The SMILES string of the molecule is Cc1cc(C)n(C2CCCC[C@@H]2OC(=O)N[C@@H](CCO[C@H]2C[C@H](CCc3ccc4c(n3)NCCC4)C2)C(=O)O)n1. The van der Waals surface area contributed by atoms with Crippen LogP contribution in [0.3, 0.4) is 0 Å². The molecular formula is C30H43N5O5. The van der Waals surface area contributed by atoms with E-state index in [9.17, 15) is 14.7 Å². The van der Waals surface area contributed by atoms with Gasteiger partial charge in [-0.05, 0) is 95.2 Å². The lowest BCUT2D eigenvalue weighted by Crippen LogP contribution is -2.45.